The maximum absolute atomic E-state index is 12.1. The molecule has 3 heterocycles. The fraction of sp³-hybridized carbons (Fsp3) is 0.467. The van der Waals surface area contributed by atoms with Gasteiger partial charge in [-0.2, -0.15) is 0 Å². The summed E-state index contributed by atoms with van der Waals surface area (Å²) < 4.78 is 5.39. The quantitative estimate of drug-likeness (QED) is 0.495. The molecule has 1 aromatic rings. The second kappa shape index (κ2) is 6.83. The first-order valence-electron chi connectivity index (χ1n) is 7.49. The average Bonchev–Trinajstić information content (AvgIpc) is 2.88. The lowest BCUT2D eigenvalue weighted by molar-refractivity contribution is -0.192. The van der Waals surface area contributed by atoms with E-state index in [0.29, 0.717) is 5.69 Å². The molecule has 0 saturated carbocycles. The molecule has 0 bridgehead atoms. The van der Waals surface area contributed by atoms with E-state index in [1.807, 2.05) is 0 Å². The van der Waals surface area contributed by atoms with E-state index in [4.69, 9.17) is 9.84 Å². The molecule has 0 spiro atoms. The minimum absolute atomic E-state index is 0.0659. The van der Waals surface area contributed by atoms with Gasteiger partial charge in [-0.1, -0.05) is 6.07 Å². The number of pyridine rings is 1. The summed E-state index contributed by atoms with van der Waals surface area (Å²) in [6, 6.07) is 5.22. The van der Waals surface area contributed by atoms with Crippen LogP contribution in [0.1, 0.15) is 5.69 Å². The van der Waals surface area contributed by atoms with Crippen molar-refractivity contribution in [1.29, 1.82) is 0 Å². The predicted octanol–water partition coefficient (Wildman–Crippen LogP) is -2.05. The van der Waals surface area contributed by atoms with Gasteiger partial charge in [-0.3, -0.25) is 14.7 Å². The molecule has 24 heavy (non-hydrogen) atoms. The summed E-state index contributed by atoms with van der Waals surface area (Å²) >= 11 is 0. The molecule has 1 aromatic heterocycles. The van der Waals surface area contributed by atoms with Crippen molar-refractivity contribution < 1.29 is 30.0 Å². The molecule has 1 saturated heterocycles. The molecular weight excluding hydrogens is 318 g/mol. The molecule has 5 atom stereocenters. The zero-order valence-corrected chi connectivity index (χ0v) is 12.7. The predicted molar refractivity (Wildman–Crippen MR) is 79.5 cm³/mol. The Morgan fingerprint density at radius 1 is 1.21 bits per heavy atom. The highest BCUT2D eigenvalue weighted by Crippen LogP contribution is 2.28. The van der Waals surface area contributed by atoms with E-state index in [1.165, 1.54) is 17.2 Å². The number of amides is 1. The molecule has 0 aliphatic carbocycles. The Hall–Kier alpha value is -2.04. The molecule has 0 aromatic carbocycles. The lowest BCUT2D eigenvalue weighted by atomic mass is 10.1. The van der Waals surface area contributed by atoms with Gasteiger partial charge >= 0.3 is 0 Å². The minimum atomic E-state index is -1.41. The van der Waals surface area contributed by atoms with Gasteiger partial charge in [0.2, 0.25) is 6.35 Å². The summed E-state index contributed by atoms with van der Waals surface area (Å²) in [6.45, 7) is -0.407. The van der Waals surface area contributed by atoms with Crippen molar-refractivity contribution in [2.24, 2.45) is 0 Å². The Bertz CT molecular complexity index is 612. The van der Waals surface area contributed by atoms with Gasteiger partial charge in [0.15, 0.2) is 6.23 Å². The molecule has 9 heteroatoms. The van der Waals surface area contributed by atoms with Crippen LogP contribution in [0.5, 0.6) is 0 Å². The number of aromatic nitrogens is 1. The molecular formula is C15H19N3O6. The van der Waals surface area contributed by atoms with Crippen LogP contribution < -0.4 is 0 Å². The van der Waals surface area contributed by atoms with E-state index in [1.54, 1.807) is 24.4 Å². The highest BCUT2D eigenvalue weighted by molar-refractivity contribution is 5.88. The first-order chi connectivity index (χ1) is 11.5. The first-order valence-corrected chi connectivity index (χ1v) is 7.49. The van der Waals surface area contributed by atoms with Crippen LogP contribution in [0.15, 0.2) is 36.7 Å². The van der Waals surface area contributed by atoms with Crippen LogP contribution in [0.25, 0.3) is 0 Å². The van der Waals surface area contributed by atoms with Crippen molar-refractivity contribution in [2.45, 2.75) is 37.4 Å². The standard InChI is InChI=1S/C15H19N3O6/c19-8-10-12(21)13(22)14(24-10)17-6-4-11(20)18(15(17)23)7-9-3-1-2-5-16-9/h1-6,10,12-15,19,21-23H,7-8H2/t10?,12?,13-,14?,15?/m0/s1. The van der Waals surface area contributed by atoms with Crippen LogP contribution in [-0.2, 0) is 16.1 Å². The lowest BCUT2D eigenvalue weighted by Gasteiger charge is -2.41. The molecule has 9 nitrogen and oxygen atoms in total. The van der Waals surface area contributed by atoms with E-state index in [-0.39, 0.29) is 6.54 Å². The Morgan fingerprint density at radius 2 is 2.00 bits per heavy atom. The summed E-state index contributed by atoms with van der Waals surface area (Å²) in [5.74, 6) is -0.420. The summed E-state index contributed by atoms with van der Waals surface area (Å²) in [5.41, 5.74) is 0.585. The van der Waals surface area contributed by atoms with E-state index < -0.39 is 43.4 Å². The molecule has 2 aliphatic heterocycles. The van der Waals surface area contributed by atoms with Crippen LogP contribution in [0.3, 0.4) is 0 Å². The lowest BCUT2D eigenvalue weighted by Crippen LogP contribution is -2.56. The van der Waals surface area contributed by atoms with Crippen LogP contribution in [-0.4, -0.2) is 78.6 Å². The molecule has 1 amide bonds. The Kier molecular flexibility index (Phi) is 4.78. The van der Waals surface area contributed by atoms with Crippen molar-refractivity contribution in [3.8, 4) is 0 Å². The van der Waals surface area contributed by atoms with Gasteiger partial charge in [-0.05, 0) is 12.1 Å². The summed E-state index contributed by atoms with van der Waals surface area (Å²) in [5, 5.41) is 39.6. The van der Waals surface area contributed by atoms with Crippen LogP contribution in [0, 0.1) is 0 Å². The first kappa shape index (κ1) is 16.8. The van der Waals surface area contributed by atoms with Gasteiger partial charge in [0.05, 0.1) is 18.8 Å². The van der Waals surface area contributed by atoms with Gasteiger partial charge < -0.3 is 30.1 Å². The third-order valence-corrected chi connectivity index (χ3v) is 4.09. The highest BCUT2D eigenvalue weighted by atomic mass is 16.6. The zero-order valence-electron chi connectivity index (χ0n) is 12.7. The SMILES string of the molecule is O=C1C=CN(C2OC(CO)C(O)[C@@H]2O)C(O)N1Cc1ccccn1. The average molecular weight is 337 g/mol. The topological polar surface area (TPSA) is 127 Å². The second-order valence-electron chi connectivity index (χ2n) is 5.63. The number of hydrogen-bond donors (Lipinski definition) is 4. The number of nitrogens with zero attached hydrogens (tertiary/aromatic N) is 3. The van der Waals surface area contributed by atoms with Gasteiger partial charge in [-0.25, -0.2) is 0 Å². The third kappa shape index (κ3) is 2.99. The number of ether oxygens (including phenoxy) is 1. The van der Waals surface area contributed by atoms with Crippen molar-refractivity contribution in [3.05, 3.63) is 42.4 Å². The summed E-state index contributed by atoms with van der Waals surface area (Å²) in [6.07, 6.45) is -2.00. The maximum Gasteiger partial charge on any atom is 0.251 e. The minimum Gasteiger partial charge on any atom is -0.394 e. The van der Waals surface area contributed by atoms with E-state index in [2.05, 4.69) is 4.98 Å². The second-order valence-corrected chi connectivity index (χ2v) is 5.63. The molecule has 0 radical (unpaired) electrons. The Labute approximate surface area is 138 Å². The summed E-state index contributed by atoms with van der Waals surface area (Å²) in [7, 11) is 0. The Morgan fingerprint density at radius 3 is 2.62 bits per heavy atom. The van der Waals surface area contributed by atoms with Gasteiger partial charge in [0, 0.05) is 18.5 Å². The molecule has 3 rings (SSSR count). The maximum atomic E-state index is 12.1. The molecule has 4 unspecified atom stereocenters. The van der Waals surface area contributed by atoms with Crippen LogP contribution >= 0.6 is 0 Å². The monoisotopic (exact) mass is 337 g/mol. The van der Waals surface area contributed by atoms with Crippen molar-refractivity contribution in [1.82, 2.24) is 14.8 Å². The van der Waals surface area contributed by atoms with Gasteiger partial charge in [0.25, 0.3) is 5.91 Å². The third-order valence-electron chi connectivity index (χ3n) is 4.09. The number of carbonyl (C=O) groups is 1. The molecule has 4 N–H and O–H groups in total. The number of aliphatic hydroxyl groups excluding tert-OH is 4. The highest BCUT2D eigenvalue weighted by Gasteiger charge is 2.47. The van der Waals surface area contributed by atoms with Gasteiger partial charge in [-0.15, -0.1) is 0 Å². The van der Waals surface area contributed by atoms with E-state index >= 15 is 0 Å². The molecule has 130 valence electrons. The van der Waals surface area contributed by atoms with E-state index in [0.717, 1.165) is 4.90 Å². The van der Waals surface area contributed by atoms with Gasteiger partial charge in [0.1, 0.15) is 18.3 Å². The van der Waals surface area contributed by atoms with Crippen molar-refractivity contribution in [2.75, 3.05) is 6.61 Å². The number of carbonyl (C=O) groups excluding carboxylic acids is 1. The zero-order chi connectivity index (χ0) is 17.3. The molecule has 2 aliphatic rings. The number of aliphatic hydroxyl groups is 4. The van der Waals surface area contributed by atoms with E-state index in [9.17, 15) is 20.1 Å². The largest absolute Gasteiger partial charge is 0.394 e. The Balaban J connectivity index is 1.78. The fourth-order valence-electron chi connectivity index (χ4n) is 2.77. The smallest absolute Gasteiger partial charge is 0.251 e. The number of rotatable bonds is 4. The fourth-order valence-corrected chi connectivity index (χ4v) is 2.77. The molecule has 1 fully saturated rings. The van der Waals surface area contributed by atoms with Crippen LogP contribution in [0.4, 0.5) is 0 Å². The van der Waals surface area contributed by atoms with Crippen LogP contribution in [0.2, 0.25) is 0 Å². The van der Waals surface area contributed by atoms with Crippen molar-refractivity contribution >= 4 is 5.91 Å². The number of hydrogen-bond acceptors (Lipinski definition) is 8. The normalized spacial score (nSPS) is 33.3. The summed E-state index contributed by atoms with van der Waals surface area (Å²) in [4.78, 5) is 18.5. The van der Waals surface area contributed by atoms with Crippen molar-refractivity contribution in [3.63, 3.8) is 0 Å².